The van der Waals surface area contributed by atoms with Crippen molar-refractivity contribution in [2.75, 3.05) is 0 Å². The van der Waals surface area contributed by atoms with Crippen LogP contribution in [-0.2, 0) is 8.23 Å². The Morgan fingerprint density at radius 3 is 1.85 bits per heavy atom. The van der Waals surface area contributed by atoms with Crippen LogP contribution in [0.3, 0.4) is 0 Å². The fourth-order valence-electron chi connectivity index (χ4n) is 2.19. The number of rotatable bonds is 7. The maximum Gasteiger partial charge on any atom is 0.311 e. The average molecular weight is 323 g/mol. The molecule has 0 radical (unpaired) electrons. The molecule has 0 aliphatic carbocycles. The van der Waals surface area contributed by atoms with Gasteiger partial charge in [-0.3, -0.25) is 0 Å². The minimum Gasteiger partial charge on any atom is -0.433 e. The zero-order valence-corrected chi connectivity index (χ0v) is 16.3. The molecular weight excluding hydrogens is 296 g/mol. The van der Waals surface area contributed by atoms with Gasteiger partial charge in [-0.15, -0.1) is 13.2 Å². The molecule has 0 saturated carbocycles. The Kier molecular flexibility index (Phi) is 5.51. The molecule has 0 N–H and O–H groups in total. The SMILES string of the molecule is C=C[Si](C)(C)O[Si](C)(C)O[Si](C)(C=C)c1ccccc1. The van der Waals surface area contributed by atoms with Crippen molar-refractivity contribution < 1.29 is 8.23 Å². The van der Waals surface area contributed by atoms with E-state index in [-0.39, 0.29) is 0 Å². The van der Waals surface area contributed by atoms with E-state index in [1.807, 2.05) is 29.6 Å². The van der Waals surface area contributed by atoms with E-state index in [1.54, 1.807) is 0 Å². The second-order valence-electron chi connectivity index (χ2n) is 6.09. The van der Waals surface area contributed by atoms with Crippen LogP contribution in [0.5, 0.6) is 0 Å². The van der Waals surface area contributed by atoms with Crippen LogP contribution in [0, 0.1) is 0 Å². The predicted octanol–water partition coefficient (Wildman–Crippen LogP) is 3.86. The first kappa shape index (κ1) is 17.3. The van der Waals surface area contributed by atoms with Crippen LogP contribution in [0.4, 0.5) is 0 Å². The van der Waals surface area contributed by atoms with Crippen molar-refractivity contribution in [1.29, 1.82) is 0 Å². The third-order valence-electron chi connectivity index (χ3n) is 3.19. The summed E-state index contributed by atoms with van der Waals surface area (Å²) < 4.78 is 12.8. The standard InChI is InChI=1S/C15H26O2Si3/c1-8-18(3,4)16-19(5,6)17-20(7,9-2)15-13-11-10-12-14-15/h8-14H,1-2H2,3-7H3. The lowest BCUT2D eigenvalue weighted by atomic mass is 10.4. The largest absolute Gasteiger partial charge is 0.433 e. The summed E-state index contributed by atoms with van der Waals surface area (Å²) in [4.78, 5) is 0. The Morgan fingerprint density at radius 1 is 0.850 bits per heavy atom. The topological polar surface area (TPSA) is 18.5 Å². The molecular formula is C15H26O2Si3. The zero-order valence-electron chi connectivity index (χ0n) is 13.3. The molecule has 1 rings (SSSR count). The first-order chi connectivity index (χ1) is 9.14. The van der Waals surface area contributed by atoms with E-state index in [9.17, 15) is 0 Å². The van der Waals surface area contributed by atoms with Crippen molar-refractivity contribution in [3.8, 4) is 0 Å². The van der Waals surface area contributed by atoms with Crippen LogP contribution in [0.25, 0.3) is 0 Å². The summed E-state index contributed by atoms with van der Waals surface area (Å²) in [6, 6.07) is 10.4. The molecule has 5 heteroatoms. The number of benzene rings is 1. The molecule has 1 atom stereocenters. The van der Waals surface area contributed by atoms with Gasteiger partial charge >= 0.3 is 8.56 Å². The molecule has 0 saturated heterocycles. The third kappa shape index (κ3) is 4.68. The molecule has 1 aromatic carbocycles. The molecule has 2 nitrogen and oxygen atoms in total. The minimum atomic E-state index is -2.22. The molecule has 0 fully saturated rings. The van der Waals surface area contributed by atoms with Crippen LogP contribution in [0.15, 0.2) is 54.9 Å². The monoisotopic (exact) mass is 322 g/mol. The second-order valence-corrected chi connectivity index (χ2v) is 17.3. The van der Waals surface area contributed by atoms with Crippen molar-refractivity contribution in [3.63, 3.8) is 0 Å². The normalized spacial score (nSPS) is 15.4. The predicted molar refractivity (Wildman–Crippen MR) is 95.2 cm³/mol. The summed E-state index contributed by atoms with van der Waals surface area (Å²) in [5.41, 5.74) is 3.95. The zero-order chi connectivity index (χ0) is 15.4. The summed E-state index contributed by atoms with van der Waals surface area (Å²) in [6.45, 7) is 18.6. The molecule has 0 amide bonds. The van der Waals surface area contributed by atoms with Gasteiger partial charge in [-0.1, -0.05) is 41.7 Å². The van der Waals surface area contributed by atoms with Gasteiger partial charge in [-0.25, -0.2) is 0 Å². The Morgan fingerprint density at radius 2 is 1.40 bits per heavy atom. The lowest BCUT2D eigenvalue weighted by molar-refractivity contribution is 0.402. The van der Waals surface area contributed by atoms with Crippen molar-refractivity contribution in [3.05, 3.63) is 54.9 Å². The molecule has 0 aliphatic heterocycles. The smallest absolute Gasteiger partial charge is 0.311 e. The average Bonchev–Trinajstić information content (AvgIpc) is 2.38. The van der Waals surface area contributed by atoms with Crippen molar-refractivity contribution in [2.45, 2.75) is 32.7 Å². The van der Waals surface area contributed by atoms with E-state index in [1.165, 1.54) is 5.19 Å². The lowest BCUT2D eigenvalue weighted by Crippen LogP contribution is -2.57. The van der Waals surface area contributed by atoms with E-state index < -0.39 is 25.2 Å². The maximum atomic E-state index is 6.52. The van der Waals surface area contributed by atoms with Gasteiger partial charge in [0.05, 0.1) is 0 Å². The summed E-state index contributed by atoms with van der Waals surface area (Å²) in [7, 11) is -6.21. The van der Waals surface area contributed by atoms with Gasteiger partial charge in [0.25, 0.3) is 0 Å². The van der Waals surface area contributed by atoms with Crippen LogP contribution < -0.4 is 5.19 Å². The summed E-state index contributed by atoms with van der Waals surface area (Å²) in [5, 5.41) is 1.23. The molecule has 0 spiro atoms. The highest BCUT2D eigenvalue weighted by Gasteiger charge is 2.40. The highest BCUT2D eigenvalue weighted by molar-refractivity contribution is 6.97. The van der Waals surface area contributed by atoms with Gasteiger partial charge in [-0.05, 0) is 37.9 Å². The van der Waals surface area contributed by atoms with Crippen LogP contribution in [0.1, 0.15) is 0 Å². The molecule has 1 unspecified atom stereocenters. The molecule has 0 aromatic heterocycles. The van der Waals surface area contributed by atoms with Gasteiger partial charge in [0.1, 0.15) is 0 Å². The second kappa shape index (κ2) is 6.36. The van der Waals surface area contributed by atoms with Gasteiger partial charge in [0.2, 0.25) is 8.32 Å². The van der Waals surface area contributed by atoms with E-state index in [0.717, 1.165) is 0 Å². The number of hydrogen-bond donors (Lipinski definition) is 0. The van der Waals surface area contributed by atoms with Crippen molar-refractivity contribution in [2.24, 2.45) is 0 Å². The van der Waals surface area contributed by atoms with E-state index in [2.05, 4.69) is 58.0 Å². The van der Waals surface area contributed by atoms with Crippen LogP contribution >= 0.6 is 0 Å². The fraction of sp³-hybridized carbons (Fsp3) is 0.333. The molecule has 0 heterocycles. The van der Waals surface area contributed by atoms with Gasteiger partial charge in [-0.2, -0.15) is 0 Å². The van der Waals surface area contributed by atoms with Crippen LogP contribution in [0.2, 0.25) is 32.7 Å². The van der Waals surface area contributed by atoms with Gasteiger partial charge in [0, 0.05) is 0 Å². The third-order valence-corrected chi connectivity index (χ3v) is 14.2. The Hall–Kier alpha value is -0.729. The quantitative estimate of drug-likeness (QED) is 0.710. The Balaban J connectivity index is 2.98. The van der Waals surface area contributed by atoms with Gasteiger partial charge in [0.15, 0.2) is 8.32 Å². The first-order valence-corrected chi connectivity index (χ1v) is 15.2. The summed E-state index contributed by atoms with van der Waals surface area (Å²) >= 11 is 0. The molecule has 0 bridgehead atoms. The Bertz CT molecular complexity index is 471. The molecule has 0 aliphatic rings. The van der Waals surface area contributed by atoms with Crippen LogP contribution in [-0.4, -0.2) is 25.2 Å². The lowest BCUT2D eigenvalue weighted by Gasteiger charge is -2.38. The van der Waals surface area contributed by atoms with Crippen molar-refractivity contribution in [1.82, 2.24) is 0 Å². The van der Waals surface area contributed by atoms with E-state index in [0.29, 0.717) is 0 Å². The highest BCUT2D eigenvalue weighted by atomic mass is 28.5. The van der Waals surface area contributed by atoms with Gasteiger partial charge < -0.3 is 8.23 Å². The molecule has 20 heavy (non-hydrogen) atoms. The van der Waals surface area contributed by atoms with E-state index >= 15 is 0 Å². The molecule has 1 aromatic rings. The fourth-order valence-corrected chi connectivity index (χ4v) is 14.1. The maximum absolute atomic E-state index is 6.52. The van der Waals surface area contributed by atoms with Crippen molar-refractivity contribution >= 4 is 30.4 Å². The number of hydrogen-bond acceptors (Lipinski definition) is 2. The van der Waals surface area contributed by atoms with E-state index in [4.69, 9.17) is 8.23 Å². The first-order valence-electron chi connectivity index (χ1n) is 6.87. The molecule has 110 valence electrons. The highest BCUT2D eigenvalue weighted by Crippen LogP contribution is 2.21. The summed E-state index contributed by atoms with van der Waals surface area (Å²) in [5.74, 6) is 0. The minimum absolute atomic E-state index is 1.23. The summed E-state index contributed by atoms with van der Waals surface area (Å²) in [6.07, 6.45) is 0. The Labute approximate surface area is 126 Å².